The van der Waals surface area contributed by atoms with Crippen LogP contribution in [0.5, 0.6) is 11.5 Å². The van der Waals surface area contributed by atoms with Crippen LogP contribution in [0.15, 0.2) is 36.4 Å². The molecule has 2 aromatic carbocycles. The molecule has 134 valence electrons. The van der Waals surface area contributed by atoms with E-state index in [0.29, 0.717) is 42.6 Å². The van der Waals surface area contributed by atoms with E-state index in [-0.39, 0.29) is 0 Å². The summed E-state index contributed by atoms with van der Waals surface area (Å²) in [5.74, 6) is 0.129. The summed E-state index contributed by atoms with van der Waals surface area (Å²) in [6.45, 7) is 4.16. The summed E-state index contributed by atoms with van der Waals surface area (Å²) in [4.78, 5) is 27.6. The number of nitrogens with zero attached hydrogens (tertiary/aromatic N) is 1. The van der Waals surface area contributed by atoms with Gasteiger partial charge in [-0.25, -0.2) is 0 Å². The first-order valence-electron chi connectivity index (χ1n) is 8.70. The Labute approximate surface area is 151 Å². The maximum absolute atomic E-state index is 12.5. The Balaban J connectivity index is 1.59. The summed E-state index contributed by atoms with van der Waals surface area (Å²) in [6.07, 6.45) is 0. The van der Waals surface area contributed by atoms with Crippen molar-refractivity contribution >= 4 is 17.4 Å². The molecular formula is C20H21N2O4+. The molecule has 0 fully saturated rings. The number of carbonyl (C=O) groups is 2. The van der Waals surface area contributed by atoms with Gasteiger partial charge < -0.3 is 14.4 Å². The zero-order valence-electron chi connectivity index (χ0n) is 14.9. The molecule has 0 aromatic heterocycles. The van der Waals surface area contributed by atoms with Crippen LogP contribution < -0.4 is 19.3 Å². The Morgan fingerprint density at radius 2 is 1.77 bits per heavy atom. The van der Waals surface area contributed by atoms with Gasteiger partial charge in [0.15, 0.2) is 18.2 Å². The highest BCUT2D eigenvalue weighted by Crippen LogP contribution is 2.40. The highest BCUT2D eigenvalue weighted by atomic mass is 16.6. The molecule has 0 bridgehead atoms. The number of amides is 1. The van der Waals surface area contributed by atoms with E-state index in [9.17, 15) is 9.59 Å². The largest absolute Gasteiger partial charge is 0.486 e. The molecule has 26 heavy (non-hydrogen) atoms. The molecule has 6 nitrogen and oxygen atoms in total. The third-order valence-corrected chi connectivity index (χ3v) is 4.82. The van der Waals surface area contributed by atoms with Crippen LogP contribution in [0.3, 0.4) is 0 Å². The molecule has 0 radical (unpaired) electrons. The summed E-state index contributed by atoms with van der Waals surface area (Å²) in [5.41, 5.74) is 3.44. The van der Waals surface area contributed by atoms with Gasteiger partial charge in [-0.1, -0.05) is 24.3 Å². The number of hydrogen-bond acceptors (Lipinski definition) is 4. The Morgan fingerprint density at radius 1 is 1.08 bits per heavy atom. The number of ketones is 1. The van der Waals surface area contributed by atoms with Gasteiger partial charge in [0.05, 0.1) is 18.3 Å². The number of nitrogens with one attached hydrogen (secondary N) is 1. The van der Waals surface area contributed by atoms with E-state index in [0.717, 1.165) is 11.4 Å². The van der Waals surface area contributed by atoms with Crippen LogP contribution in [0, 0.1) is 6.92 Å². The van der Waals surface area contributed by atoms with Gasteiger partial charge in [0.1, 0.15) is 19.8 Å². The molecule has 0 saturated carbocycles. The predicted octanol–water partition coefficient (Wildman–Crippen LogP) is 0.968. The number of carbonyl (C=O) groups excluding carboxylic acids is 2. The summed E-state index contributed by atoms with van der Waals surface area (Å²) < 4.78 is 11.1. The average molecular weight is 353 g/mol. The maximum Gasteiger partial charge on any atom is 0.303 e. The molecule has 0 saturated heterocycles. The normalized spacial score (nSPS) is 16.6. The first-order chi connectivity index (χ1) is 12.5. The van der Waals surface area contributed by atoms with Crippen molar-refractivity contribution < 1.29 is 24.0 Å². The summed E-state index contributed by atoms with van der Waals surface area (Å²) in [5, 5.41) is 0. The van der Waals surface area contributed by atoms with E-state index in [1.54, 1.807) is 17.0 Å². The summed E-state index contributed by atoms with van der Waals surface area (Å²) in [7, 11) is 2.01. The lowest BCUT2D eigenvalue weighted by Crippen LogP contribution is -3.09. The number of rotatable bonds is 4. The fourth-order valence-electron chi connectivity index (χ4n) is 3.45. The molecule has 1 amide bonds. The maximum atomic E-state index is 12.5. The standard InChI is InChI=1S/C20H20N2O4/c1-13-5-3-4-6-14(13)11-21(2)12-22-16-10-18-17(25-7-8-26-18)9-15(16)19(23)20(22)24/h3-6,9-10H,7-8,11-12H2,1-2H3/p+1. The van der Waals surface area contributed by atoms with E-state index < -0.39 is 11.7 Å². The van der Waals surface area contributed by atoms with Crippen LogP contribution >= 0.6 is 0 Å². The summed E-state index contributed by atoms with van der Waals surface area (Å²) in [6, 6.07) is 11.6. The number of benzene rings is 2. The van der Waals surface area contributed by atoms with Gasteiger partial charge in [-0.05, 0) is 18.6 Å². The van der Waals surface area contributed by atoms with Gasteiger partial charge in [-0.2, -0.15) is 0 Å². The molecule has 6 heteroatoms. The number of fused-ring (bicyclic) bond motifs is 2. The van der Waals surface area contributed by atoms with E-state index in [2.05, 4.69) is 19.1 Å². The smallest absolute Gasteiger partial charge is 0.303 e. The quantitative estimate of drug-likeness (QED) is 0.832. The van der Waals surface area contributed by atoms with Crippen molar-refractivity contribution in [1.29, 1.82) is 0 Å². The molecule has 4 rings (SSSR count). The highest BCUT2D eigenvalue weighted by molar-refractivity contribution is 6.52. The van der Waals surface area contributed by atoms with Crippen LogP contribution in [0.1, 0.15) is 21.5 Å². The highest BCUT2D eigenvalue weighted by Gasteiger charge is 2.39. The van der Waals surface area contributed by atoms with Crippen molar-refractivity contribution in [2.45, 2.75) is 13.5 Å². The minimum absolute atomic E-state index is 0.392. The number of Topliss-reactive ketones (excluding diaryl/α,β-unsaturated/α-hetero) is 1. The van der Waals surface area contributed by atoms with Crippen molar-refractivity contribution in [2.75, 3.05) is 31.8 Å². The number of anilines is 1. The van der Waals surface area contributed by atoms with Crippen molar-refractivity contribution in [3.05, 3.63) is 53.1 Å². The second-order valence-corrected chi connectivity index (χ2v) is 6.79. The molecule has 0 aliphatic carbocycles. The van der Waals surface area contributed by atoms with Crippen LogP contribution in [0.2, 0.25) is 0 Å². The Kier molecular flexibility index (Phi) is 4.12. The van der Waals surface area contributed by atoms with E-state index in [1.807, 2.05) is 19.2 Å². The molecular weight excluding hydrogens is 332 g/mol. The van der Waals surface area contributed by atoms with Gasteiger partial charge in [0.25, 0.3) is 5.78 Å². The second kappa shape index (κ2) is 6.46. The van der Waals surface area contributed by atoms with Gasteiger partial charge in [-0.3, -0.25) is 14.5 Å². The van der Waals surface area contributed by atoms with Crippen molar-refractivity contribution in [1.82, 2.24) is 0 Å². The Morgan fingerprint density at radius 3 is 2.50 bits per heavy atom. The summed E-state index contributed by atoms with van der Waals surface area (Å²) >= 11 is 0. The fourth-order valence-corrected chi connectivity index (χ4v) is 3.45. The Bertz CT molecular complexity index is 893. The van der Waals surface area contributed by atoms with Crippen LogP contribution in [-0.2, 0) is 11.3 Å². The zero-order valence-corrected chi connectivity index (χ0v) is 14.9. The fraction of sp³-hybridized carbons (Fsp3) is 0.300. The second-order valence-electron chi connectivity index (χ2n) is 6.79. The number of hydrogen-bond donors (Lipinski definition) is 1. The third-order valence-electron chi connectivity index (χ3n) is 4.82. The van der Waals surface area contributed by atoms with Crippen molar-refractivity contribution in [2.24, 2.45) is 0 Å². The lowest BCUT2D eigenvalue weighted by Gasteiger charge is -2.24. The first-order valence-corrected chi connectivity index (χ1v) is 8.70. The predicted molar refractivity (Wildman–Crippen MR) is 95.9 cm³/mol. The molecule has 1 atom stereocenters. The minimum atomic E-state index is -0.494. The minimum Gasteiger partial charge on any atom is -0.486 e. The molecule has 1 N–H and O–H groups in total. The van der Waals surface area contributed by atoms with Gasteiger partial charge in [0.2, 0.25) is 0 Å². The molecule has 2 aliphatic rings. The van der Waals surface area contributed by atoms with E-state index in [1.165, 1.54) is 11.1 Å². The number of quaternary nitrogens is 1. The molecule has 1 unspecified atom stereocenters. The number of ether oxygens (including phenoxy) is 2. The third kappa shape index (κ3) is 2.82. The molecule has 2 aromatic rings. The van der Waals surface area contributed by atoms with E-state index in [4.69, 9.17) is 9.47 Å². The molecule has 2 aliphatic heterocycles. The van der Waals surface area contributed by atoms with Gasteiger partial charge in [-0.15, -0.1) is 0 Å². The van der Waals surface area contributed by atoms with Crippen LogP contribution in [-0.4, -0.2) is 38.6 Å². The zero-order chi connectivity index (χ0) is 18.3. The first kappa shape index (κ1) is 16.6. The molecule has 2 heterocycles. The van der Waals surface area contributed by atoms with Gasteiger partial charge >= 0.3 is 5.91 Å². The van der Waals surface area contributed by atoms with Crippen molar-refractivity contribution in [3.8, 4) is 11.5 Å². The van der Waals surface area contributed by atoms with Crippen LogP contribution in [0.25, 0.3) is 0 Å². The number of aryl methyl sites for hydroxylation is 1. The van der Waals surface area contributed by atoms with Gasteiger partial charge in [0, 0.05) is 11.6 Å². The monoisotopic (exact) mass is 353 g/mol. The Hall–Kier alpha value is -2.86. The lowest BCUT2D eigenvalue weighted by molar-refractivity contribution is -0.892. The molecule has 0 spiro atoms. The van der Waals surface area contributed by atoms with Crippen molar-refractivity contribution in [3.63, 3.8) is 0 Å². The average Bonchev–Trinajstić information content (AvgIpc) is 2.86. The van der Waals surface area contributed by atoms with E-state index >= 15 is 0 Å². The SMILES string of the molecule is Cc1ccccc1C[NH+](C)CN1C(=O)C(=O)c2cc3c(cc21)OCCO3. The lowest BCUT2D eigenvalue weighted by atomic mass is 10.1. The topological polar surface area (TPSA) is 60.3 Å². The van der Waals surface area contributed by atoms with Crippen LogP contribution in [0.4, 0.5) is 5.69 Å².